The largest absolute Gasteiger partial charge is 0.443 e. The number of halogens is 1. The highest BCUT2D eigenvalue weighted by Gasteiger charge is 2.33. The maximum absolute atomic E-state index is 12.9. The molecule has 1 amide bonds. The third-order valence-electron chi connectivity index (χ3n) is 5.18. The van der Waals surface area contributed by atoms with Gasteiger partial charge < -0.3 is 13.9 Å². The monoisotopic (exact) mass is 398 g/mol. The van der Waals surface area contributed by atoms with Crippen molar-refractivity contribution < 1.29 is 9.21 Å². The molecule has 146 valence electrons. The molecule has 3 heterocycles. The van der Waals surface area contributed by atoms with Gasteiger partial charge in [0.25, 0.3) is 0 Å². The molecule has 1 aliphatic rings. The van der Waals surface area contributed by atoms with Crippen molar-refractivity contribution in [3.8, 4) is 0 Å². The van der Waals surface area contributed by atoms with Crippen LogP contribution in [0.4, 0.5) is 0 Å². The second kappa shape index (κ2) is 8.19. The van der Waals surface area contributed by atoms with Crippen molar-refractivity contribution in [2.24, 2.45) is 0 Å². The van der Waals surface area contributed by atoms with Crippen LogP contribution in [0, 0.1) is 0 Å². The minimum Gasteiger partial charge on any atom is -0.443 e. The highest BCUT2D eigenvalue weighted by molar-refractivity contribution is 6.31. The summed E-state index contributed by atoms with van der Waals surface area (Å²) in [5.41, 5.74) is 0.999. The molecule has 7 heteroatoms. The third kappa shape index (κ3) is 3.83. The lowest BCUT2D eigenvalue weighted by Crippen LogP contribution is -2.33. The second-order valence-corrected chi connectivity index (χ2v) is 7.41. The number of imidazole rings is 1. The molecule has 1 aliphatic heterocycles. The smallest absolute Gasteiger partial charge is 0.243 e. The summed E-state index contributed by atoms with van der Waals surface area (Å²) in [6, 6.07) is 7.60. The standard InChI is InChI=1S/C21H23ClN4O2/c1-2-19-23-9-11-25(19)14-20(27)26-10-5-8-18(26)21-24-13-16(28-21)12-15-6-3-4-7-17(15)22/h3-4,6-7,9,11,13,18H,2,5,8,10,12,14H2,1H3. The SMILES string of the molecule is CCc1nccn1CC(=O)N1CCCC1c1ncc(Cc2ccccc2Cl)o1. The first-order valence-electron chi connectivity index (χ1n) is 9.63. The predicted octanol–water partition coefficient (Wildman–Crippen LogP) is 4.04. The molecule has 6 nitrogen and oxygen atoms in total. The number of aryl methyl sites for hydroxylation is 1. The molecule has 28 heavy (non-hydrogen) atoms. The van der Waals surface area contributed by atoms with Crippen LogP contribution in [0.3, 0.4) is 0 Å². The van der Waals surface area contributed by atoms with Gasteiger partial charge in [-0.3, -0.25) is 4.79 Å². The predicted molar refractivity (Wildman–Crippen MR) is 106 cm³/mol. The van der Waals surface area contributed by atoms with E-state index in [0.717, 1.165) is 43.0 Å². The van der Waals surface area contributed by atoms with E-state index in [1.807, 2.05) is 46.9 Å². The number of likely N-dealkylation sites (tertiary alicyclic amines) is 1. The van der Waals surface area contributed by atoms with Crippen molar-refractivity contribution in [3.63, 3.8) is 0 Å². The van der Waals surface area contributed by atoms with E-state index in [2.05, 4.69) is 9.97 Å². The van der Waals surface area contributed by atoms with Crippen molar-refractivity contribution >= 4 is 17.5 Å². The zero-order valence-electron chi connectivity index (χ0n) is 15.8. The molecule has 1 saturated heterocycles. The van der Waals surface area contributed by atoms with Crippen LogP contribution in [-0.2, 0) is 24.2 Å². The van der Waals surface area contributed by atoms with E-state index in [1.165, 1.54) is 0 Å². The molecule has 2 aromatic heterocycles. The van der Waals surface area contributed by atoms with Crippen LogP contribution in [-0.4, -0.2) is 31.9 Å². The van der Waals surface area contributed by atoms with E-state index >= 15 is 0 Å². The molecule has 0 radical (unpaired) electrons. The Morgan fingerprint density at radius 3 is 3.00 bits per heavy atom. The lowest BCUT2D eigenvalue weighted by Gasteiger charge is -2.23. The number of carbonyl (C=O) groups excluding carboxylic acids is 1. The number of carbonyl (C=O) groups is 1. The number of oxazole rings is 1. The molecular weight excluding hydrogens is 376 g/mol. The number of rotatable bonds is 6. The summed E-state index contributed by atoms with van der Waals surface area (Å²) in [6.45, 7) is 3.06. The third-order valence-corrected chi connectivity index (χ3v) is 5.54. The van der Waals surface area contributed by atoms with E-state index in [9.17, 15) is 4.79 Å². The lowest BCUT2D eigenvalue weighted by atomic mass is 10.1. The van der Waals surface area contributed by atoms with E-state index < -0.39 is 0 Å². The van der Waals surface area contributed by atoms with Crippen LogP contribution in [0.15, 0.2) is 47.3 Å². The van der Waals surface area contributed by atoms with Gasteiger partial charge in [0, 0.05) is 36.8 Å². The quantitative estimate of drug-likeness (QED) is 0.628. The summed E-state index contributed by atoms with van der Waals surface area (Å²) in [6.07, 6.45) is 8.53. The van der Waals surface area contributed by atoms with Crippen LogP contribution in [0.2, 0.25) is 5.02 Å². The van der Waals surface area contributed by atoms with E-state index in [-0.39, 0.29) is 11.9 Å². The molecule has 1 atom stereocenters. The summed E-state index contributed by atoms with van der Waals surface area (Å²) in [5, 5.41) is 0.713. The molecule has 3 aromatic rings. The number of nitrogens with zero attached hydrogens (tertiary/aromatic N) is 4. The van der Waals surface area contributed by atoms with Crippen molar-refractivity contribution in [3.05, 3.63) is 70.9 Å². The summed E-state index contributed by atoms with van der Waals surface area (Å²) in [4.78, 5) is 23.5. The van der Waals surface area contributed by atoms with Crippen LogP contribution in [0.5, 0.6) is 0 Å². The first kappa shape index (κ1) is 18.7. The fraction of sp³-hybridized carbons (Fsp3) is 0.381. The number of hydrogen-bond acceptors (Lipinski definition) is 4. The summed E-state index contributed by atoms with van der Waals surface area (Å²) in [7, 11) is 0. The Balaban J connectivity index is 1.47. The topological polar surface area (TPSA) is 64.2 Å². The van der Waals surface area contributed by atoms with Gasteiger partial charge in [-0.25, -0.2) is 9.97 Å². The Kier molecular flexibility index (Phi) is 5.48. The van der Waals surface area contributed by atoms with E-state index in [4.69, 9.17) is 16.0 Å². The first-order chi connectivity index (χ1) is 13.7. The summed E-state index contributed by atoms with van der Waals surface area (Å²) >= 11 is 6.24. The van der Waals surface area contributed by atoms with Gasteiger partial charge >= 0.3 is 0 Å². The van der Waals surface area contributed by atoms with E-state index in [0.29, 0.717) is 23.9 Å². The van der Waals surface area contributed by atoms with Gasteiger partial charge in [-0.05, 0) is 24.5 Å². The Bertz CT molecular complexity index is 965. The van der Waals surface area contributed by atoms with Crippen molar-refractivity contribution in [2.45, 2.75) is 45.2 Å². The summed E-state index contributed by atoms with van der Waals surface area (Å²) < 4.78 is 7.92. The van der Waals surface area contributed by atoms with Gasteiger partial charge in [0.15, 0.2) is 0 Å². The molecule has 1 aromatic carbocycles. The first-order valence-corrected chi connectivity index (χ1v) is 10.0. The van der Waals surface area contributed by atoms with Gasteiger partial charge in [0.2, 0.25) is 11.8 Å². The highest BCUT2D eigenvalue weighted by Crippen LogP contribution is 2.32. The van der Waals surface area contributed by atoms with Crippen LogP contribution in [0.1, 0.15) is 48.8 Å². The molecular formula is C21H23ClN4O2. The van der Waals surface area contributed by atoms with Crippen molar-refractivity contribution in [1.82, 2.24) is 19.4 Å². The lowest BCUT2D eigenvalue weighted by molar-refractivity contribution is -0.133. The Labute approximate surface area is 169 Å². The van der Waals surface area contributed by atoms with Crippen LogP contribution >= 0.6 is 11.6 Å². The molecule has 0 N–H and O–H groups in total. The minimum absolute atomic E-state index is 0.0704. The van der Waals surface area contributed by atoms with Crippen molar-refractivity contribution in [1.29, 1.82) is 0 Å². The van der Waals surface area contributed by atoms with Gasteiger partial charge in [-0.15, -0.1) is 0 Å². The molecule has 0 saturated carbocycles. The van der Waals surface area contributed by atoms with Gasteiger partial charge in [-0.1, -0.05) is 36.7 Å². The van der Waals surface area contributed by atoms with Crippen molar-refractivity contribution in [2.75, 3.05) is 6.54 Å². The average molecular weight is 399 g/mol. The maximum atomic E-state index is 12.9. The number of benzene rings is 1. The highest BCUT2D eigenvalue weighted by atomic mass is 35.5. The van der Waals surface area contributed by atoms with Gasteiger partial charge in [0.05, 0.1) is 6.20 Å². The minimum atomic E-state index is -0.110. The average Bonchev–Trinajstić information content (AvgIpc) is 3.43. The Hall–Kier alpha value is -2.60. The molecule has 0 spiro atoms. The van der Waals surface area contributed by atoms with Gasteiger partial charge in [-0.2, -0.15) is 0 Å². The fourth-order valence-corrected chi connectivity index (χ4v) is 3.95. The maximum Gasteiger partial charge on any atom is 0.243 e. The number of aromatic nitrogens is 3. The number of amides is 1. The van der Waals surface area contributed by atoms with E-state index in [1.54, 1.807) is 12.4 Å². The fourth-order valence-electron chi connectivity index (χ4n) is 3.74. The molecule has 4 rings (SSSR count). The molecule has 0 bridgehead atoms. The van der Waals surface area contributed by atoms with Crippen LogP contribution in [0.25, 0.3) is 0 Å². The number of hydrogen-bond donors (Lipinski definition) is 0. The zero-order chi connectivity index (χ0) is 19.5. The Morgan fingerprint density at radius 1 is 1.32 bits per heavy atom. The second-order valence-electron chi connectivity index (χ2n) is 7.00. The zero-order valence-corrected chi connectivity index (χ0v) is 16.6. The molecule has 1 fully saturated rings. The Morgan fingerprint density at radius 2 is 2.18 bits per heavy atom. The molecule has 1 unspecified atom stereocenters. The molecule has 0 aliphatic carbocycles. The summed E-state index contributed by atoms with van der Waals surface area (Å²) in [5.74, 6) is 2.35. The normalized spacial score (nSPS) is 16.6. The van der Waals surface area contributed by atoms with Gasteiger partial charge in [0.1, 0.15) is 24.2 Å². The van der Waals surface area contributed by atoms with Crippen LogP contribution < -0.4 is 0 Å².